The van der Waals surface area contributed by atoms with Gasteiger partial charge < -0.3 is 5.11 Å². The molecule has 1 aromatic carbocycles. The zero-order chi connectivity index (χ0) is 11.8. The third-order valence-electron chi connectivity index (χ3n) is 2.18. The Kier molecular flexibility index (Phi) is 6.85. The Labute approximate surface area is 110 Å². The SMILES string of the molecule is CCCC/C(Sc1ccccc1)=C(/Br)CO. The van der Waals surface area contributed by atoms with Gasteiger partial charge in [-0.05, 0) is 25.0 Å². The van der Waals surface area contributed by atoms with E-state index in [0.29, 0.717) is 0 Å². The molecule has 0 bridgehead atoms. The zero-order valence-corrected chi connectivity index (χ0v) is 11.9. The van der Waals surface area contributed by atoms with Crippen LogP contribution in [0.15, 0.2) is 44.6 Å². The van der Waals surface area contributed by atoms with Gasteiger partial charge in [0.15, 0.2) is 0 Å². The molecule has 0 saturated heterocycles. The fourth-order valence-corrected chi connectivity index (χ4v) is 2.74. The van der Waals surface area contributed by atoms with E-state index in [-0.39, 0.29) is 6.61 Å². The van der Waals surface area contributed by atoms with Gasteiger partial charge in [-0.15, -0.1) is 0 Å². The largest absolute Gasteiger partial charge is 0.391 e. The predicted octanol–water partition coefficient (Wildman–Crippen LogP) is 4.57. The van der Waals surface area contributed by atoms with Crippen LogP contribution in [0.25, 0.3) is 0 Å². The van der Waals surface area contributed by atoms with Crippen LogP contribution in [0.3, 0.4) is 0 Å². The normalized spacial score (nSPS) is 12.4. The average Bonchev–Trinajstić information content (AvgIpc) is 2.34. The molecule has 0 saturated carbocycles. The third kappa shape index (κ3) is 4.73. The highest BCUT2D eigenvalue weighted by Gasteiger charge is 2.05. The second-order valence-corrected chi connectivity index (χ2v) is 5.63. The van der Waals surface area contributed by atoms with E-state index in [1.807, 2.05) is 18.2 Å². The average molecular weight is 301 g/mol. The van der Waals surface area contributed by atoms with Gasteiger partial charge >= 0.3 is 0 Å². The van der Waals surface area contributed by atoms with Gasteiger partial charge in [-0.3, -0.25) is 0 Å². The highest BCUT2D eigenvalue weighted by Crippen LogP contribution is 2.34. The molecule has 0 atom stereocenters. The summed E-state index contributed by atoms with van der Waals surface area (Å²) in [6, 6.07) is 10.3. The van der Waals surface area contributed by atoms with Crippen molar-refractivity contribution in [3.63, 3.8) is 0 Å². The number of hydrogen-bond acceptors (Lipinski definition) is 2. The maximum Gasteiger partial charge on any atom is 0.0754 e. The first-order chi connectivity index (χ1) is 7.77. The van der Waals surface area contributed by atoms with Gasteiger partial charge in [-0.2, -0.15) is 0 Å². The van der Waals surface area contributed by atoms with Crippen molar-refractivity contribution in [2.24, 2.45) is 0 Å². The number of allylic oxidation sites excluding steroid dienone is 1. The summed E-state index contributed by atoms with van der Waals surface area (Å²) in [5.74, 6) is 0. The number of aliphatic hydroxyl groups excluding tert-OH is 1. The highest BCUT2D eigenvalue weighted by atomic mass is 79.9. The van der Waals surface area contributed by atoms with E-state index in [0.717, 1.165) is 17.3 Å². The van der Waals surface area contributed by atoms with Crippen LogP contribution in [0.4, 0.5) is 0 Å². The molecule has 0 fully saturated rings. The second-order valence-electron chi connectivity index (χ2n) is 3.50. The molecule has 3 heteroatoms. The Morgan fingerprint density at radius 3 is 2.56 bits per heavy atom. The number of rotatable bonds is 6. The Balaban J connectivity index is 2.71. The number of aliphatic hydroxyl groups is 1. The second kappa shape index (κ2) is 7.93. The number of unbranched alkanes of at least 4 members (excludes halogenated alkanes) is 1. The molecular formula is C13H17BrOS. The molecular weight excluding hydrogens is 284 g/mol. The molecule has 0 heterocycles. The summed E-state index contributed by atoms with van der Waals surface area (Å²) in [5, 5.41) is 9.16. The highest BCUT2D eigenvalue weighted by molar-refractivity contribution is 9.11. The van der Waals surface area contributed by atoms with Gasteiger partial charge in [-0.1, -0.05) is 59.2 Å². The lowest BCUT2D eigenvalue weighted by Gasteiger charge is -2.09. The molecule has 1 N–H and O–H groups in total. The monoisotopic (exact) mass is 300 g/mol. The Hall–Kier alpha value is -0.250. The lowest BCUT2D eigenvalue weighted by Crippen LogP contribution is -1.88. The maximum absolute atomic E-state index is 9.16. The first-order valence-corrected chi connectivity index (χ1v) is 7.10. The van der Waals surface area contributed by atoms with Gasteiger partial charge in [0, 0.05) is 14.3 Å². The molecule has 0 aliphatic heterocycles. The number of benzene rings is 1. The molecule has 0 aliphatic rings. The van der Waals surface area contributed by atoms with Crippen molar-refractivity contribution in [2.45, 2.75) is 31.1 Å². The van der Waals surface area contributed by atoms with Crippen LogP contribution < -0.4 is 0 Å². The van der Waals surface area contributed by atoms with E-state index in [1.165, 1.54) is 16.2 Å². The lowest BCUT2D eigenvalue weighted by atomic mass is 10.2. The first kappa shape index (κ1) is 13.8. The van der Waals surface area contributed by atoms with Gasteiger partial charge in [0.25, 0.3) is 0 Å². The smallest absolute Gasteiger partial charge is 0.0754 e. The van der Waals surface area contributed by atoms with Crippen LogP contribution in [-0.4, -0.2) is 11.7 Å². The van der Waals surface area contributed by atoms with Crippen LogP contribution in [-0.2, 0) is 0 Å². The van der Waals surface area contributed by atoms with Crippen LogP contribution in [0.5, 0.6) is 0 Å². The summed E-state index contributed by atoms with van der Waals surface area (Å²) in [4.78, 5) is 2.45. The van der Waals surface area contributed by atoms with Crippen LogP contribution >= 0.6 is 27.7 Å². The fourth-order valence-electron chi connectivity index (χ4n) is 1.30. The topological polar surface area (TPSA) is 20.2 Å². The zero-order valence-electron chi connectivity index (χ0n) is 9.45. The summed E-state index contributed by atoms with van der Waals surface area (Å²) in [6.45, 7) is 2.26. The predicted molar refractivity (Wildman–Crippen MR) is 74.9 cm³/mol. The number of hydrogen-bond donors (Lipinski definition) is 1. The van der Waals surface area contributed by atoms with E-state index in [2.05, 4.69) is 35.0 Å². The standard InChI is InChI=1S/C13H17BrOS/c1-2-3-9-13(12(14)10-15)16-11-7-5-4-6-8-11/h4-8,15H,2-3,9-10H2,1H3/b13-12-. The van der Waals surface area contributed by atoms with E-state index < -0.39 is 0 Å². The molecule has 0 spiro atoms. The van der Waals surface area contributed by atoms with Crippen molar-refractivity contribution in [1.29, 1.82) is 0 Å². The van der Waals surface area contributed by atoms with E-state index in [1.54, 1.807) is 11.8 Å². The van der Waals surface area contributed by atoms with Crippen molar-refractivity contribution in [1.82, 2.24) is 0 Å². The van der Waals surface area contributed by atoms with Crippen LogP contribution in [0.2, 0.25) is 0 Å². The lowest BCUT2D eigenvalue weighted by molar-refractivity contribution is 0.339. The number of thioether (sulfide) groups is 1. The van der Waals surface area contributed by atoms with Crippen molar-refractivity contribution >= 4 is 27.7 Å². The van der Waals surface area contributed by atoms with Gasteiger partial charge in [0.05, 0.1) is 6.61 Å². The minimum Gasteiger partial charge on any atom is -0.391 e. The quantitative estimate of drug-likeness (QED) is 0.777. The molecule has 0 unspecified atom stereocenters. The van der Waals surface area contributed by atoms with Gasteiger partial charge in [-0.25, -0.2) is 0 Å². The molecule has 0 amide bonds. The molecule has 1 aromatic rings. The van der Waals surface area contributed by atoms with E-state index in [9.17, 15) is 0 Å². The van der Waals surface area contributed by atoms with E-state index >= 15 is 0 Å². The molecule has 0 aromatic heterocycles. The van der Waals surface area contributed by atoms with Crippen molar-refractivity contribution in [3.05, 3.63) is 39.7 Å². The minimum atomic E-state index is 0.0822. The molecule has 88 valence electrons. The van der Waals surface area contributed by atoms with Gasteiger partial charge in [0.1, 0.15) is 0 Å². The molecule has 1 nitrogen and oxygen atoms in total. The molecule has 1 rings (SSSR count). The Morgan fingerprint density at radius 1 is 1.31 bits per heavy atom. The maximum atomic E-state index is 9.16. The summed E-state index contributed by atoms with van der Waals surface area (Å²) in [7, 11) is 0. The van der Waals surface area contributed by atoms with Crippen molar-refractivity contribution in [2.75, 3.05) is 6.61 Å². The minimum absolute atomic E-state index is 0.0822. The molecule has 16 heavy (non-hydrogen) atoms. The Morgan fingerprint density at radius 2 is 2.00 bits per heavy atom. The molecule has 0 aliphatic carbocycles. The van der Waals surface area contributed by atoms with Crippen LogP contribution in [0.1, 0.15) is 26.2 Å². The van der Waals surface area contributed by atoms with Crippen molar-refractivity contribution in [3.8, 4) is 0 Å². The van der Waals surface area contributed by atoms with Gasteiger partial charge in [0.2, 0.25) is 0 Å². The summed E-state index contributed by atoms with van der Waals surface area (Å²) in [6.07, 6.45) is 3.35. The van der Waals surface area contributed by atoms with Crippen molar-refractivity contribution < 1.29 is 5.11 Å². The fraction of sp³-hybridized carbons (Fsp3) is 0.385. The third-order valence-corrected chi connectivity index (χ3v) is 4.38. The number of halogens is 1. The van der Waals surface area contributed by atoms with E-state index in [4.69, 9.17) is 5.11 Å². The molecule has 0 radical (unpaired) electrons. The summed E-state index contributed by atoms with van der Waals surface area (Å²) < 4.78 is 0.912. The first-order valence-electron chi connectivity index (χ1n) is 5.49. The summed E-state index contributed by atoms with van der Waals surface area (Å²) in [5.41, 5.74) is 0. The Bertz CT molecular complexity index is 335. The summed E-state index contributed by atoms with van der Waals surface area (Å²) >= 11 is 5.17. The van der Waals surface area contributed by atoms with Crippen LogP contribution in [0, 0.1) is 0 Å².